The van der Waals surface area contributed by atoms with E-state index in [9.17, 15) is 5.11 Å². The summed E-state index contributed by atoms with van der Waals surface area (Å²) < 4.78 is 10.8. The molecule has 4 atom stereocenters. The molecule has 0 aromatic carbocycles. The maximum absolute atomic E-state index is 9.90. The number of hydrogen-bond acceptors (Lipinski definition) is 4. The molecule has 1 rings (SSSR count). The molecule has 0 radical (unpaired) electrons. The zero-order valence-corrected chi connectivity index (χ0v) is 13.6. The Bertz CT molecular complexity index is 248. The molecule has 4 unspecified atom stereocenters. The molecule has 0 aromatic rings. The summed E-state index contributed by atoms with van der Waals surface area (Å²) in [6, 6.07) is 0.555. The standard InChI is InChI=1S/C16H33NO3/c1-5-14-6-7-16(13(14)4)17-10-15(18)11-19-8-9-20-12(2)3/h12-18H,5-11H2,1-4H3. The van der Waals surface area contributed by atoms with Crippen LogP contribution >= 0.6 is 0 Å². The van der Waals surface area contributed by atoms with E-state index in [1.165, 1.54) is 19.3 Å². The largest absolute Gasteiger partial charge is 0.389 e. The second-order valence-electron chi connectivity index (χ2n) is 6.27. The summed E-state index contributed by atoms with van der Waals surface area (Å²) >= 11 is 0. The van der Waals surface area contributed by atoms with Crippen LogP contribution in [0.1, 0.15) is 47.0 Å². The van der Waals surface area contributed by atoms with Gasteiger partial charge in [-0.05, 0) is 38.5 Å². The lowest BCUT2D eigenvalue weighted by molar-refractivity contribution is -0.0107. The smallest absolute Gasteiger partial charge is 0.0897 e. The van der Waals surface area contributed by atoms with Crippen molar-refractivity contribution in [3.63, 3.8) is 0 Å². The molecule has 4 nitrogen and oxygen atoms in total. The SMILES string of the molecule is CCC1CCC(NCC(O)COCCOC(C)C)C1C. The quantitative estimate of drug-likeness (QED) is 0.605. The van der Waals surface area contributed by atoms with Crippen LogP contribution in [0.25, 0.3) is 0 Å². The molecule has 1 saturated carbocycles. The first-order valence-corrected chi connectivity index (χ1v) is 8.15. The van der Waals surface area contributed by atoms with Gasteiger partial charge in [0, 0.05) is 12.6 Å². The van der Waals surface area contributed by atoms with Gasteiger partial charge in [-0.1, -0.05) is 20.3 Å². The van der Waals surface area contributed by atoms with Gasteiger partial charge in [-0.15, -0.1) is 0 Å². The van der Waals surface area contributed by atoms with Crippen LogP contribution in [0.4, 0.5) is 0 Å². The van der Waals surface area contributed by atoms with E-state index in [2.05, 4.69) is 19.2 Å². The van der Waals surface area contributed by atoms with E-state index in [4.69, 9.17) is 9.47 Å². The highest BCUT2D eigenvalue weighted by Crippen LogP contribution is 2.33. The Hall–Kier alpha value is -0.160. The van der Waals surface area contributed by atoms with Crippen molar-refractivity contribution in [1.29, 1.82) is 0 Å². The van der Waals surface area contributed by atoms with Gasteiger partial charge in [0.1, 0.15) is 0 Å². The molecule has 4 heteroatoms. The van der Waals surface area contributed by atoms with E-state index >= 15 is 0 Å². The lowest BCUT2D eigenvalue weighted by atomic mass is 9.93. The summed E-state index contributed by atoms with van der Waals surface area (Å²) in [5, 5.41) is 13.4. The molecule has 0 saturated heterocycles. The highest BCUT2D eigenvalue weighted by molar-refractivity contribution is 4.86. The molecule has 0 aromatic heterocycles. The average Bonchev–Trinajstić information content (AvgIpc) is 2.76. The molecule has 1 aliphatic carbocycles. The van der Waals surface area contributed by atoms with Crippen molar-refractivity contribution < 1.29 is 14.6 Å². The van der Waals surface area contributed by atoms with Crippen LogP contribution in [0.3, 0.4) is 0 Å². The van der Waals surface area contributed by atoms with E-state index in [1.54, 1.807) is 0 Å². The van der Waals surface area contributed by atoms with Crippen LogP contribution < -0.4 is 5.32 Å². The Labute approximate surface area is 124 Å². The van der Waals surface area contributed by atoms with Crippen LogP contribution in [0.15, 0.2) is 0 Å². The van der Waals surface area contributed by atoms with Gasteiger partial charge < -0.3 is 19.9 Å². The Balaban J connectivity index is 2.04. The molecule has 0 amide bonds. The summed E-state index contributed by atoms with van der Waals surface area (Å²) in [5.41, 5.74) is 0. The minimum absolute atomic E-state index is 0.237. The molecular formula is C16H33NO3. The van der Waals surface area contributed by atoms with Crippen molar-refractivity contribution in [3.05, 3.63) is 0 Å². The first kappa shape index (κ1) is 17.9. The van der Waals surface area contributed by atoms with Gasteiger partial charge in [0.25, 0.3) is 0 Å². The van der Waals surface area contributed by atoms with E-state index in [1.807, 2.05) is 13.8 Å². The highest BCUT2D eigenvalue weighted by Gasteiger charge is 2.31. The van der Waals surface area contributed by atoms with Gasteiger partial charge in [-0.2, -0.15) is 0 Å². The van der Waals surface area contributed by atoms with E-state index < -0.39 is 6.10 Å². The Morgan fingerprint density at radius 2 is 2.00 bits per heavy atom. The Kier molecular flexibility index (Phi) is 8.69. The summed E-state index contributed by atoms with van der Waals surface area (Å²) in [4.78, 5) is 0. The van der Waals surface area contributed by atoms with Crippen molar-refractivity contribution in [2.45, 2.75) is 65.2 Å². The molecule has 0 aliphatic heterocycles. The first-order valence-electron chi connectivity index (χ1n) is 8.15. The van der Waals surface area contributed by atoms with Crippen LogP contribution in [0.2, 0.25) is 0 Å². The Morgan fingerprint density at radius 3 is 2.60 bits per heavy atom. The number of aliphatic hydroxyl groups is 1. The number of aliphatic hydroxyl groups excluding tert-OH is 1. The summed E-state index contributed by atoms with van der Waals surface area (Å²) in [5.74, 6) is 1.56. The Morgan fingerprint density at radius 1 is 1.25 bits per heavy atom. The van der Waals surface area contributed by atoms with Crippen LogP contribution in [0.5, 0.6) is 0 Å². The lowest BCUT2D eigenvalue weighted by Gasteiger charge is -2.22. The molecule has 1 aliphatic rings. The van der Waals surface area contributed by atoms with Gasteiger partial charge >= 0.3 is 0 Å². The van der Waals surface area contributed by atoms with Crippen molar-refractivity contribution in [3.8, 4) is 0 Å². The maximum Gasteiger partial charge on any atom is 0.0897 e. The van der Waals surface area contributed by atoms with Crippen molar-refractivity contribution >= 4 is 0 Å². The number of nitrogens with one attached hydrogen (secondary N) is 1. The zero-order valence-electron chi connectivity index (χ0n) is 13.6. The fourth-order valence-electron chi connectivity index (χ4n) is 3.02. The van der Waals surface area contributed by atoms with Gasteiger partial charge in [-0.25, -0.2) is 0 Å². The molecule has 0 bridgehead atoms. The summed E-state index contributed by atoms with van der Waals surface area (Å²) in [6.07, 6.45) is 3.62. The van der Waals surface area contributed by atoms with Gasteiger partial charge in [0.2, 0.25) is 0 Å². The van der Waals surface area contributed by atoms with E-state index in [0.29, 0.717) is 38.3 Å². The normalized spacial score (nSPS) is 28.2. The van der Waals surface area contributed by atoms with E-state index in [0.717, 1.165) is 5.92 Å². The topological polar surface area (TPSA) is 50.7 Å². The average molecular weight is 287 g/mol. The molecule has 2 N–H and O–H groups in total. The lowest BCUT2D eigenvalue weighted by Crippen LogP contribution is -2.39. The van der Waals surface area contributed by atoms with Gasteiger partial charge in [-0.3, -0.25) is 0 Å². The van der Waals surface area contributed by atoms with E-state index in [-0.39, 0.29) is 6.10 Å². The fourth-order valence-corrected chi connectivity index (χ4v) is 3.02. The van der Waals surface area contributed by atoms with Gasteiger partial charge in [0.05, 0.1) is 32.0 Å². The second-order valence-corrected chi connectivity index (χ2v) is 6.27. The minimum atomic E-state index is -0.429. The van der Waals surface area contributed by atoms with Gasteiger partial charge in [0.15, 0.2) is 0 Å². The molecular weight excluding hydrogens is 254 g/mol. The molecule has 20 heavy (non-hydrogen) atoms. The van der Waals surface area contributed by atoms with Crippen LogP contribution in [-0.4, -0.2) is 49.7 Å². The van der Waals surface area contributed by atoms with Crippen LogP contribution in [0, 0.1) is 11.8 Å². The predicted octanol–water partition coefficient (Wildman–Crippen LogP) is 2.20. The third-order valence-electron chi connectivity index (χ3n) is 4.36. The molecule has 1 fully saturated rings. The third kappa shape index (κ3) is 6.53. The monoisotopic (exact) mass is 287 g/mol. The number of ether oxygens (including phenoxy) is 2. The van der Waals surface area contributed by atoms with Crippen molar-refractivity contribution in [1.82, 2.24) is 5.32 Å². The zero-order chi connectivity index (χ0) is 15.0. The van der Waals surface area contributed by atoms with Crippen LogP contribution in [-0.2, 0) is 9.47 Å². The van der Waals surface area contributed by atoms with Crippen molar-refractivity contribution in [2.24, 2.45) is 11.8 Å². The third-order valence-corrected chi connectivity index (χ3v) is 4.36. The maximum atomic E-state index is 9.90. The molecule has 120 valence electrons. The predicted molar refractivity (Wildman–Crippen MR) is 81.9 cm³/mol. The molecule has 0 heterocycles. The number of rotatable bonds is 10. The fraction of sp³-hybridized carbons (Fsp3) is 1.00. The molecule has 0 spiro atoms. The highest BCUT2D eigenvalue weighted by atomic mass is 16.5. The summed E-state index contributed by atoms with van der Waals surface area (Å²) in [7, 11) is 0. The minimum Gasteiger partial charge on any atom is -0.389 e. The number of hydrogen-bond donors (Lipinski definition) is 2. The van der Waals surface area contributed by atoms with Crippen molar-refractivity contribution in [2.75, 3.05) is 26.4 Å². The first-order chi connectivity index (χ1) is 9.54. The summed E-state index contributed by atoms with van der Waals surface area (Å²) in [6.45, 7) is 10.7. The second kappa shape index (κ2) is 9.72.